The number of halogens is 1. The van der Waals surface area contributed by atoms with Crippen LogP contribution in [-0.4, -0.2) is 34.3 Å². The van der Waals surface area contributed by atoms with E-state index in [-0.39, 0.29) is 24.2 Å². The molecule has 5 heteroatoms. The molecule has 0 aromatic heterocycles. The van der Waals surface area contributed by atoms with Gasteiger partial charge in [0, 0.05) is 17.2 Å². The average molecular weight is 245 g/mol. The molecule has 1 rings (SSSR count). The minimum Gasteiger partial charge on any atom is -0.396 e. The van der Waals surface area contributed by atoms with Crippen molar-refractivity contribution in [2.75, 3.05) is 6.61 Å². The van der Waals surface area contributed by atoms with Gasteiger partial charge in [-0.15, -0.1) is 0 Å². The number of carbonyl (C=O) groups is 1. The lowest BCUT2D eigenvalue weighted by Crippen LogP contribution is -2.20. The molecule has 0 spiro atoms. The molecule has 0 saturated carbocycles. The lowest BCUT2D eigenvalue weighted by molar-refractivity contribution is 0.00396. The number of hydrogen-bond acceptors (Lipinski definition) is 4. The lowest BCUT2D eigenvalue weighted by atomic mass is 9.98. The second kappa shape index (κ2) is 5.96. The largest absolute Gasteiger partial charge is 0.396 e. The van der Waals surface area contributed by atoms with Gasteiger partial charge in [0.1, 0.15) is 12.4 Å². The summed E-state index contributed by atoms with van der Waals surface area (Å²) in [6.45, 7) is -0.241. The van der Waals surface area contributed by atoms with Crippen LogP contribution in [0, 0.1) is 0 Å². The summed E-state index contributed by atoms with van der Waals surface area (Å²) in [5.74, 6) is 0. The molecule has 0 bridgehead atoms. The Hall–Kier alpha value is -0.940. The Bertz CT molecular complexity index is 367. The molecule has 1 aromatic carbocycles. The van der Waals surface area contributed by atoms with E-state index in [1.807, 2.05) is 0 Å². The van der Waals surface area contributed by atoms with Crippen molar-refractivity contribution in [1.82, 2.24) is 0 Å². The van der Waals surface area contributed by atoms with Crippen LogP contribution in [0.1, 0.15) is 28.4 Å². The molecule has 0 saturated heterocycles. The third-order valence-corrected chi connectivity index (χ3v) is 2.52. The van der Waals surface area contributed by atoms with Crippen molar-refractivity contribution in [1.29, 1.82) is 0 Å². The number of benzene rings is 1. The summed E-state index contributed by atoms with van der Waals surface area (Å²) in [7, 11) is 0. The average Bonchev–Trinajstić information content (AvgIpc) is 2.28. The van der Waals surface area contributed by atoms with Gasteiger partial charge in [-0.2, -0.15) is 0 Å². The summed E-state index contributed by atoms with van der Waals surface area (Å²) in [5.41, 5.74) is 0.539. The van der Waals surface area contributed by atoms with E-state index in [4.69, 9.17) is 16.7 Å². The molecule has 2 unspecified atom stereocenters. The minimum atomic E-state index is -1.23. The highest BCUT2D eigenvalue weighted by Crippen LogP contribution is 2.25. The van der Waals surface area contributed by atoms with Gasteiger partial charge in [-0.25, -0.2) is 0 Å². The highest BCUT2D eigenvalue weighted by Gasteiger charge is 2.20. The molecule has 1 aromatic rings. The zero-order valence-corrected chi connectivity index (χ0v) is 9.26. The Kier molecular flexibility index (Phi) is 4.89. The molecule has 88 valence electrons. The highest BCUT2D eigenvalue weighted by molar-refractivity contribution is 6.30. The zero-order chi connectivity index (χ0) is 12.1. The molecule has 2 atom stereocenters. The number of carbonyl (C=O) groups excluding carboxylic acids is 1. The van der Waals surface area contributed by atoms with Crippen LogP contribution in [0.3, 0.4) is 0 Å². The number of aliphatic hydroxyl groups excluding tert-OH is 3. The monoisotopic (exact) mass is 244 g/mol. The molecular formula is C11H13ClO4. The predicted octanol–water partition coefficient (Wildman–Crippen LogP) is 0.929. The molecule has 0 aliphatic carbocycles. The minimum absolute atomic E-state index is 0.0337. The van der Waals surface area contributed by atoms with Crippen molar-refractivity contribution in [3.05, 3.63) is 34.3 Å². The molecule has 16 heavy (non-hydrogen) atoms. The van der Waals surface area contributed by atoms with E-state index in [0.29, 0.717) is 11.3 Å². The summed E-state index contributed by atoms with van der Waals surface area (Å²) in [6.07, 6.45) is -1.74. The maximum atomic E-state index is 10.7. The Balaban J connectivity index is 3.00. The second-order valence-corrected chi connectivity index (χ2v) is 3.85. The van der Waals surface area contributed by atoms with Gasteiger partial charge in [0.2, 0.25) is 0 Å². The van der Waals surface area contributed by atoms with Crippen molar-refractivity contribution in [3.63, 3.8) is 0 Å². The van der Waals surface area contributed by atoms with Crippen molar-refractivity contribution >= 4 is 17.9 Å². The molecule has 0 amide bonds. The van der Waals surface area contributed by atoms with Crippen molar-refractivity contribution in [2.45, 2.75) is 18.6 Å². The Morgan fingerprint density at radius 2 is 2.06 bits per heavy atom. The molecule has 0 aliphatic rings. The van der Waals surface area contributed by atoms with Gasteiger partial charge < -0.3 is 15.3 Å². The van der Waals surface area contributed by atoms with E-state index in [9.17, 15) is 15.0 Å². The number of aliphatic hydroxyl groups is 3. The maximum absolute atomic E-state index is 10.7. The van der Waals surface area contributed by atoms with Gasteiger partial charge >= 0.3 is 0 Å². The van der Waals surface area contributed by atoms with Crippen LogP contribution in [0.25, 0.3) is 0 Å². The van der Waals surface area contributed by atoms with Crippen LogP contribution >= 0.6 is 11.6 Å². The van der Waals surface area contributed by atoms with Gasteiger partial charge in [0.15, 0.2) is 0 Å². The molecule has 0 radical (unpaired) electrons. The van der Waals surface area contributed by atoms with E-state index in [0.717, 1.165) is 0 Å². The second-order valence-electron chi connectivity index (χ2n) is 3.42. The molecule has 0 fully saturated rings. The van der Waals surface area contributed by atoms with Crippen molar-refractivity contribution in [2.24, 2.45) is 0 Å². The highest BCUT2D eigenvalue weighted by atomic mass is 35.5. The lowest BCUT2D eigenvalue weighted by Gasteiger charge is -2.18. The van der Waals surface area contributed by atoms with Gasteiger partial charge in [-0.3, -0.25) is 4.79 Å². The first-order chi connectivity index (χ1) is 7.60. The Labute approximate surface area is 98.1 Å². The fourth-order valence-corrected chi connectivity index (χ4v) is 1.59. The standard InChI is InChI=1S/C11H13ClO4/c12-8-2-1-7(6-14)9(5-8)11(16)10(15)3-4-13/h1-2,5-6,10-11,13,15-16H,3-4H2. The van der Waals surface area contributed by atoms with Gasteiger partial charge in [-0.1, -0.05) is 11.6 Å². The summed E-state index contributed by atoms with van der Waals surface area (Å²) in [5, 5.41) is 28.3. The predicted molar refractivity (Wildman–Crippen MR) is 59.5 cm³/mol. The normalized spacial score (nSPS) is 14.5. The summed E-state index contributed by atoms with van der Waals surface area (Å²) < 4.78 is 0. The maximum Gasteiger partial charge on any atom is 0.150 e. The zero-order valence-electron chi connectivity index (χ0n) is 8.51. The van der Waals surface area contributed by atoms with Crippen molar-refractivity contribution in [3.8, 4) is 0 Å². The van der Waals surface area contributed by atoms with Crippen LogP contribution in [-0.2, 0) is 0 Å². The third kappa shape index (κ3) is 3.02. The molecule has 3 N–H and O–H groups in total. The van der Waals surface area contributed by atoms with E-state index in [1.165, 1.54) is 18.2 Å². The Morgan fingerprint density at radius 1 is 1.38 bits per heavy atom. The SMILES string of the molecule is O=Cc1ccc(Cl)cc1C(O)C(O)CCO. The van der Waals surface area contributed by atoms with Crippen LogP contribution in [0.5, 0.6) is 0 Å². The van der Waals surface area contributed by atoms with Crippen molar-refractivity contribution < 1.29 is 20.1 Å². The van der Waals surface area contributed by atoms with Crippen LogP contribution in [0.15, 0.2) is 18.2 Å². The Morgan fingerprint density at radius 3 is 2.62 bits per heavy atom. The van der Waals surface area contributed by atoms with E-state index in [1.54, 1.807) is 0 Å². The first kappa shape index (κ1) is 13.1. The first-order valence-electron chi connectivity index (χ1n) is 4.81. The molecule has 0 aliphatic heterocycles. The summed E-state index contributed by atoms with van der Waals surface area (Å²) >= 11 is 5.74. The van der Waals surface area contributed by atoms with Gasteiger partial charge in [-0.05, 0) is 30.2 Å². The first-order valence-corrected chi connectivity index (χ1v) is 5.19. The fraction of sp³-hybridized carbons (Fsp3) is 0.364. The molecule has 4 nitrogen and oxygen atoms in total. The quantitative estimate of drug-likeness (QED) is 0.674. The van der Waals surface area contributed by atoms with Crippen LogP contribution in [0.2, 0.25) is 5.02 Å². The van der Waals surface area contributed by atoms with E-state index >= 15 is 0 Å². The summed E-state index contributed by atoms with van der Waals surface area (Å²) in [6, 6.07) is 4.43. The number of hydrogen-bond donors (Lipinski definition) is 3. The number of aldehydes is 1. The van der Waals surface area contributed by atoms with Gasteiger partial charge in [0.05, 0.1) is 6.10 Å². The van der Waals surface area contributed by atoms with Gasteiger partial charge in [0.25, 0.3) is 0 Å². The number of rotatable bonds is 5. The molecular weight excluding hydrogens is 232 g/mol. The molecule has 0 heterocycles. The van der Waals surface area contributed by atoms with E-state index in [2.05, 4.69) is 0 Å². The summed E-state index contributed by atoms with van der Waals surface area (Å²) in [4.78, 5) is 10.7. The fourth-order valence-electron chi connectivity index (χ4n) is 1.41. The third-order valence-electron chi connectivity index (χ3n) is 2.28. The van der Waals surface area contributed by atoms with E-state index < -0.39 is 12.2 Å². The van der Waals surface area contributed by atoms with Crippen LogP contribution in [0.4, 0.5) is 0 Å². The van der Waals surface area contributed by atoms with Crippen LogP contribution < -0.4 is 0 Å². The topological polar surface area (TPSA) is 77.8 Å². The smallest absolute Gasteiger partial charge is 0.150 e.